The maximum atomic E-state index is 13.1. The van der Waals surface area contributed by atoms with Crippen molar-refractivity contribution < 1.29 is 26.7 Å². The van der Waals surface area contributed by atoms with Gasteiger partial charge in [-0.2, -0.15) is 0 Å². The van der Waals surface area contributed by atoms with E-state index in [1.165, 1.54) is 12.1 Å². The van der Waals surface area contributed by atoms with Crippen LogP contribution in [0.1, 0.15) is 17.2 Å². The van der Waals surface area contributed by atoms with Crippen molar-refractivity contribution in [3.63, 3.8) is 0 Å². The molecule has 0 saturated carbocycles. The molecule has 0 radical (unpaired) electrons. The molecule has 2 rings (SSSR count). The molecule has 0 aliphatic carbocycles. The van der Waals surface area contributed by atoms with Crippen LogP contribution in [0.3, 0.4) is 0 Å². The Balaban J connectivity index is 1.88. The molecule has 10 heteroatoms. The summed E-state index contributed by atoms with van der Waals surface area (Å²) in [5.74, 6) is -0.140. The van der Waals surface area contributed by atoms with Gasteiger partial charge in [0.15, 0.2) is 0 Å². The van der Waals surface area contributed by atoms with Gasteiger partial charge in [0, 0.05) is 26.3 Å². The van der Waals surface area contributed by atoms with E-state index in [-0.39, 0.29) is 6.10 Å². The van der Waals surface area contributed by atoms with E-state index in [1.807, 2.05) is 0 Å². The van der Waals surface area contributed by atoms with Crippen molar-refractivity contribution in [2.45, 2.75) is 18.7 Å². The first-order valence-electron chi connectivity index (χ1n) is 8.90. The first-order chi connectivity index (χ1) is 13.8. The van der Waals surface area contributed by atoms with Crippen LogP contribution in [-0.4, -0.2) is 52.7 Å². The van der Waals surface area contributed by atoms with Gasteiger partial charge >= 0.3 is 0 Å². The molecule has 1 aromatic carbocycles. The minimum atomic E-state index is -3.51. The second kappa shape index (κ2) is 11.1. The SMILES string of the molecule is COC[C@H](CNCc1ccc([C@@H](CF)NS(C)(=O)=O)cc1)Oc1ccc(F)cn1. The van der Waals surface area contributed by atoms with Gasteiger partial charge in [-0.1, -0.05) is 24.3 Å². The van der Waals surface area contributed by atoms with E-state index in [9.17, 15) is 17.2 Å². The molecule has 2 N–H and O–H groups in total. The topological polar surface area (TPSA) is 89.6 Å². The third kappa shape index (κ3) is 8.40. The summed E-state index contributed by atoms with van der Waals surface area (Å²) in [4.78, 5) is 3.87. The van der Waals surface area contributed by atoms with Crippen molar-refractivity contribution in [3.8, 4) is 5.88 Å². The second-order valence-corrected chi connectivity index (χ2v) is 8.26. The number of hydrogen-bond donors (Lipinski definition) is 2. The van der Waals surface area contributed by atoms with Crippen LogP contribution in [0, 0.1) is 5.82 Å². The highest BCUT2D eigenvalue weighted by molar-refractivity contribution is 7.88. The van der Waals surface area contributed by atoms with Gasteiger partial charge < -0.3 is 14.8 Å². The molecule has 0 amide bonds. The van der Waals surface area contributed by atoms with Crippen LogP contribution in [0.5, 0.6) is 5.88 Å². The van der Waals surface area contributed by atoms with Crippen LogP contribution in [0.4, 0.5) is 8.78 Å². The van der Waals surface area contributed by atoms with Gasteiger partial charge in [-0.05, 0) is 17.2 Å². The Morgan fingerprint density at radius 2 is 1.90 bits per heavy atom. The van der Waals surface area contributed by atoms with Gasteiger partial charge in [0.2, 0.25) is 15.9 Å². The fourth-order valence-electron chi connectivity index (χ4n) is 2.62. The van der Waals surface area contributed by atoms with Crippen molar-refractivity contribution >= 4 is 10.0 Å². The average Bonchev–Trinajstić information content (AvgIpc) is 2.68. The van der Waals surface area contributed by atoms with E-state index in [2.05, 4.69) is 15.0 Å². The zero-order valence-corrected chi connectivity index (χ0v) is 17.1. The molecule has 0 aliphatic rings. The Hall–Kier alpha value is -2.14. The maximum Gasteiger partial charge on any atom is 0.213 e. The quantitative estimate of drug-likeness (QED) is 0.536. The van der Waals surface area contributed by atoms with Crippen LogP contribution < -0.4 is 14.8 Å². The van der Waals surface area contributed by atoms with Crippen molar-refractivity contribution in [2.75, 3.05) is 33.2 Å². The van der Waals surface area contributed by atoms with Gasteiger partial charge in [0.1, 0.15) is 18.6 Å². The minimum Gasteiger partial charge on any atom is -0.471 e. The number of ether oxygens (including phenoxy) is 2. The smallest absolute Gasteiger partial charge is 0.213 e. The summed E-state index contributed by atoms with van der Waals surface area (Å²) in [5.41, 5.74) is 1.48. The van der Waals surface area contributed by atoms with Crippen LogP contribution in [0.25, 0.3) is 0 Å². The largest absolute Gasteiger partial charge is 0.471 e. The van der Waals surface area contributed by atoms with Crippen LogP contribution in [0.2, 0.25) is 0 Å². The average molecular weight is 429 g/mol. The van der Waals surface area contributed by atoms with Crippen LogP contribution in [-0.2, 0) is 21.3 Å². The number of hydrogen-bond acceptors (Lipinski definition) is 6. The van der Waals surface area contributed by atoms with E-state index in [0.717, 1.165) is 18.0 Å². The van der Waals surface area contributed by atoms with E-state index in [4.69, 9.17) is 9.47 Å². The first kappa shape index (κ1) is 23.1. The molecular weight excluding hydrogens is 404 g/mol. The van der Waals surface area contributed by atoms with Crippen molar-refractivity contribution in [1.82, 2.24) is 15.0 Å². The normalized spacial score (nSPS) is 13.8. The summed E-state index contributed by atoms with van der Waals surface area (Å²) < 4.78 is 61.8. The molecule has 0 aliphatic heterocycles. The van der Waals surface area contributed by atoms with Gasteiger partial charge in [-0.25, -0.2) is 26.9 Å². The zero-order chi connectivity index (χ0) is 21.3. The number of aromatic nitrogens is 1. The van der Waals surface area contributed by atoms with Crippen molar-refractivity contribution in [1.29, 1.82) is 0 Å². The Morgan fingerprint density at radius 1 is 1.17 bits per heavy atom. The van der Waals surface area contributed by atoms with Gasteiger partial charge in [0.05, 0.1) is 25.1 Å². The van der Waals surface area contributed by atoms with Gasteiger partial charge in [-0.3, -0.25) is 0 Å². The maximum absolute atomic E-state index is 13.1. The van der Waals surface area contributed by atoms with Crippen LogP contribution in [0.15, 0.2) is 42.6 Å². The molecular formula is C19H25F2N3O4S. The summed E-state index contributed by atoms with van der Waals surface area (Å²) in [7, 11) is -1.95. The van der Waals surface area contributed by atoms with Crippen LogP contribution >= 0.6 is 0 Å². The Labute approximate surface area is 169 Å². The number of nitrogens with one attached hydrogen (secondary N) is 2. The lowest BCUT2D eigenvalue weighted by Crippen LogP contribution is -2.35. The molecule has 0 unspecified atom stereocenters. The molecule has 7 nitrogen and oxygen atoms in total. The first-order valence-corrected chi connectivity index (χ1v) is 10.8. The zero-order valence-electron chi connectivity index (χ0n) is 16.3. The van der Waals surface area contributed by atoms with Gasteiger partial charge in [-0.15, -0.1) is 0 Å². The molecule has 160 valence electrons. The standard InChI is InChI=1S/C19H25F2N3O4S/c1-27-13-17(28-19-8-7-16(21)11-23-19)12-22-10-14-3-5-15(6-4-14)18(9-20)24-29(2,25)26/h3-8,11,17-18,22,24H,9-10,12-13H2,1-2H3/t17-,18+/m0/s1. The summed E-state index contributed by atoms with van der Waals surface area (Å²) in [6, 6.07) is 8.77. The Bertz CT molecular complexity index is 849. The third-order valence-electron chi connectivity index (χ3n) is 3.93. The Kier molecular flexibility index (Phi) is 8.90. The molecule has 0 fully saturated rings. The van der Waals surface area contributed by atoms with E-state index >= 15 is 0 Å². The molecule has 29 heavy (non-hydrogen) atoms. The number of nitrogens with zero attached hydrogens (tertiary/aromatic N) is 1. The monoisotopic (exact) mass is 429 g/mol. The third-order valence-corrected chi connectivity index (χ3v) is 4.65. The number of alkyl halides is 1. The molecule has 1 aromatic heterocycles. The number of benzene rings is 1. The lowest BCUT2D eigenvalue weighted by molar-refractivity contribution is 0.0772. The van der Waals surface area contributed by atoms with E-state index in [1.54, 1.807) is 31.4 Å². The molecule has 0 saturated heterocycles. The predicted octanol–water partition coefficient (Wildman–Crippen LogP) is 1.96. The highest BCUT2D eigenvalue weighted by Gasteiger charge is 2.16. The fraction of sp³-hybridized carbons (Fsp3) is 0.421. The lowest BCUT2D eigenvalue weighted by atomic mass is 10.1. The molecule has 2 aromatic rings. The fourth-order valence-corrected chi connectivity index (χ4v) is 3.33. The highest BCUT2D eigenvalue weighted by atomic mass is 32.2. The number of pyridine rings is 1. The number of halogens is 2. The van der Waals surface area contributed by atoms with E-state index in [0.29, 0.717) is 31.1 Å². The predicted molar refractivity (Wildman–Crippen MR) is 105 cm³/mol. The molecule has 0 spiro atoms. The van der Waals surface area contributed by atoms with Crippen molar-refractivity contribution in [3.05, 3.63) is 59.5 Å². The number of rotatable bonds is 12. The highest BCUT2D eigenvalue weighted by Crippen LogP contribution is 2.16. The summed E-state index contributed by atoms with van der Waals surface area (Å²) in [6.07, 6.45) is 1.75. The van der Waals surface area contributed by atoms with E-state index < -0.39 is 28.6 Å². The van der Waals surface area contributed by atoms with Crippen molar-refractivity contribution in [2.24, 2.45) is 0 Å². The molecule has 1 heterocycles. The summed E-state index contributed by atoms with van der Waals surface area (Å²) in [6.45, 7) is 0.455. The summed E-state index contributed by atoms with van der Waals surface area (Å²) >= 11 is 0. The van der Waals surface area contributed by atoms with Gasteiger partial charge in [0.25, 0.3) is 0 Å². The number of sulfonamides is 1. The number of methoxy groups -OCH3 is 1. The molecule has 2 atom stereocenters. The second-order valence-electron chi connectivity index (χ2n) is 6.48. The lowest BCUT2D eigenvalue weighted by Gasteiger charge is -2.18. The summed E-state index contributed by atoms with van der Waals surface area (Å²) in [5, 5.41) is 3.23. The molecule has 0 bridgehead atoms. The minimum absolute atomic E-state index is 0.301. The Morgan fingerprint density at radius 3 is 2.45 bits per heavy atom.